The lowest BCUT2D eigenvalue weighted by atomic mass is 10.1. The number of hydrogen-bond donors (Lipinski definition) is 1. The van der Waals surface area contributed by atoms with Gasteiger partial charge in [0, 0.05) is 37.4 Å². The number of nitrogens with zero attached hydrogens (tertiary/aromatic N) is 3. The van der Waals surface area contributed by atoms with Crippen molar-refractivity contribution in [3.8, 4) is 0 Å². The lowest BCUT2D eigenvalue weighted by molar-refractivity contribution is 0.218. The molecule has 0 spiro atoms. The van der Waals surface area contributed by atoms with E-state index in [1.165, 1.54) is 17.7 Å². The Morgan fingerprint density at radius 2 is 2.40 bits per heavy atom. The van der Waals surface area contributed by atoms with E-state index in [9.17, 15) is 0 Å². The van der Waals surface area contributed by atoms with Crippen LogP contribution in [0.3, 0.4) is 0 Å². The highest BCUT2D eigenvalue weighted by molar-refractivity contribution is 7.07. The van der Waals surface area contributed by atoms with Crippen molar-refractivity contribution >= 4 is 11.3 Å². The molecule has 4 nitrogen and oxygen atoms in total. The fraction of sp³-hybridized carbons (Fsp3) is 0.467. The van der Waals surface area contributed by atoms with Gasteiger partial charge >= 0.3 is 0 Å². The number of rotatable bonds is 6. The Balaban J connectivity index is 1.65. The molecule has 1 saturated heterocycles. The molecule has 5 heteroatoms. The Kier molecular flexibility index (Phi) is 4.73. The normalized spacial score (nSPS) is 18.8. The van der Waals surface area contributed by atoms with Gasteiger partial charge in [0.2, 0.25) is 0 Å². The fourth-order valence-corrected chi connectivity index (χ4v) is 3.26. The van der Waals surface area contributed by atoms with Crippen molar-refractivity contribution in [2.45, 2.75) is 19.5 Å². The van der Waals surface area contributed by atoms with E-state index < -0.39 is 0 Å². The van der Waals surface area contributed by atoms with Crippen LogP contribution in [0.4, 0.5) is 0 Å². The topological polar surface area (TPSA) is 41.1 Å². The first kappa shape index (κ1) is 13.7. The van der Waals surface area contributed by atoms with Gasteiger partial charge in [-0.3, -0.25) is 9.88 Å². The average Bonchev–Trinajstić information content (AvgIpc) is 3.13. The molecule has 1 aliphatic rings. The molecular weight excluding hydrogens is 268 g/mol. The first-order valence-corrected chi connectivity index (χ1v) is 8.03. The van der Waals surface area contributed by atoms with E-state index in [2.05, 4.69) is 31.6 Å². The van der Waals surface area contributed by atoms with Crippen LogP contribution in [0.2, 0.25) is 0 Å². The molecule has 0 aromatic carbocycles. The van der Waals surface area contributed by atoms with Crippen LogP contribution in [0, 0.1) is 5.92 Å². The molecule has 2 aromatic heterocycles. The fourth-order valence-electron chi connectivity index (χ4n) is 2.71. The van der Waals surface area contributed by atoms with Crippen molar-refractivity contribution in [2.24, 2.45) is 5.92 Å². The molecule has 0 radical (unpaired) electrons. The maximum Gasteiger partial charge on any atom is 0.0795 e. The molecule has 1 aliphatic heterocycles. The van der Waals surface area contributed by atoms with Crippen LogP contribution in [0.15, 0.2) is 35.4 Å². The summed E-state index contributed by atoms with van der Waals surface area (Å²) in [5.74, 6) is 0.755. The Morgan fingerprint density at radius 3 is 3.10 bits per heavy atom. The maximum atomic E-state index is 4.42. The summed E-state index contributed by atoms with van der Waals surface area (Å²) in [4.78, 5) is 11.1. The summed E-state index contributed by atoms with van der Waals surface area (Å²) in [6.45, 7) is 5.29. The zero-order valence-electron chi connectivity index (χ0n) is 11.5. The SMILES string of the molecule is c1cncc(CN(Cc2cscn2)CC2CCNC2)c1. The third-order valence-electron chi connectivity index (χ3n) is 3.68. The molecule has 20 heavy (non-hydrogen) atoms. The number of hydrogen-bond acceptors (Lipinski definition) is 5. The van der Waals surface area contributed by atoms with Gasteiger partial charge in [-0.25, -0.2) is 4.98 Å². The van der Waals surface area contributed by atoms with Crippen molar-refractivity contribution in [1.29, 1.82) is 0 Å². The van der Waals surface area contributed by atoms with Crippen molar-refractivity contribution < 1.29 is 0 Å². The highest BCUT2D eigenvalue weighted by Crippen LogP contribution is 2.15. The monoisotopic (exact) mass is 288 g/mol. The van der Waals surface area contributed by atoms with E-state index in [-0.39, 0.29) is 0 Å². The lowest BCUT2D eigenvalue weighted by Gasteiger charge is -2.24. The summed E-state index contributed by atoms with van der Waals surface area (Å²) in [6.07, 6.45) is 5.07. The number of aromatic nitrogens is 2. The third-order valence-corrected chi connectivity index (χ3v) is 4.31. The molecule has 1 fully saturated rings. The Bertz CT molecular complexity index is 494. The van der Waals surface area contributed by atoms with Gasteiger partial charge in [0.15, 0.2) is 0 Å². The van der Waals surface area contributed by atoms with Crippen molar-refractivity contribution in [3.05, 3.63) is 46.7 Å². The predicted molar refractivity (Wildman–Crippen MR) is 81.4 cm³/mol. The number of nitrogens with one attached hydrogen (secondary N) is 1. The van der Waals surface area contributed by atoms with Crippen LogP contribution in [0.5, 0.6) is 0 Å². The van der Waals surface area contributed by atoms with E-state index in [1.807, 2.05) is 24.0 Å². The first-order valence-electron chi connectivity index (χ1n) is 7.09. The molecule has 0 saturated carbocycles. The third kappa shape index (κ3) is 3.85. The minimum Gasteiger partial charge on any atom is -0.316 e. The predicted octanol–water partition coefficient (Wildman–Crippen LogP) is 2.15. The minimum atomic E-state index is 0.755. The summed E-state index contributed by atoms with van der Waals surface area (Å²) in [7, 11) is 0. The largest absolute Gasteiger partial charge is 0.316 e. The first-order chi connectivity index (χ1) is 9.90. The molecule has 3 heterocycles. The molecule has 1 unspecified atom stereocenters. The molecule has 106 valence electrons. The standard InChI is InChI=1S/C15H20N4S/c1-2-13(6-16-4-1)8-19(9-14-3-5-17-7-14)10-15-11-20-12-18-15/h1-2,4,6,11-12,14,17H,3,5,7-10H2. The van der Waals surface area contributed by atoms with E-state index in [0.29, 0.717) is 0 Å². The Morgan fingerprint density at radius 1 is 1.40 bits per heavy atom. The van der Waals surface area contributed by atoms with Crippen molar-refractivity contribution in [1.82, 2.24) is 20.2 Å². The Labute approximate surface area is 123 Å². The van der Waals surface area contributed by atoms with Gasteiger partial charge in [-0.15, -0.1) is 11.3 Å². The Hall–Kier alpha value is -1.30. The number of thiazole rings is 1. The summed E-state index contributed by atoms with van der Waals surface area (Å²) in [6, 6.07) is 4.15. The molecule has 0 aliphatic carbocycles. The van der Waals surface area contributed by atoms with Crippen LogP contribution >= 0.6 is 11.3 Å². The van der Waals surface area contributed by atoms with E-state index in [4.69, 9.17) is 0 Å². The van der Waals surface area contributed by atoms with Gasteiger partial charge in [0.1, 0.15) is 0 Å². The molecule has 0 bridgehead atoms. The summed E-state index contributed by atoms with van der Waals surface area (Å²) in [5, 5.41) is 5.59. The molecular formula is C15H20N4S. The minimum absolute atomic E-state index is 0.755. The van der Waals surface area contributed by atoms with Gasteiger partial charge in [0.05, 0.1) is 11.2 Å². The van der Waals surface area contributed by atoms with Crippen LogP contribution in [0.1, 0.15) is 17.7 Å². The average molecular weight is 288 g/mol. The van der Waals surface area contributed by atoms with Crippen LogP contribution < -0.4 is 5.32 Å². The van der Waals surface area contributed by atoms with Gasteiger partial charge in [0.25, 0.3) is 0 Å². The molecule has 2 aromatic rings. The second kappa shape index (κ2) is 6.92. The molecule has 1 atom stereocenters. The smallest absolute Gasteiger partial charge is 0.0795 e. The highest BCUT2D eigenvalue weighted by Gasteiger charge is 2.19. The summed E-state index contributed by atoms with van der Waals surface area (Å²) >= 11 is 1.67. The van der Waals surface area contributed by atoms with Gasteiger partial charge in [-0.05, 0) is 37.1 Å². The highest BCUT2D eigenvalue weighted by atomic mass is 32.1. The van der Waals surface area contributed by atoms with E-state index in [0.717, 1.165) is 38.6 Å². The zero-order valence-corrected chi connectivity index (χ0v) is 12.4. The molecule has 0 amide bonds. The molecule has 1 N–H and O–H groups in total. The van der Waals surface area contributed by atoms with Crippen LogP contribution in [0.25, 0.3) is 0 Å². The van der Waals surface area contributed by atoms with Gasteiger partial charge in [-0.2, -0.15) is 0 Å². The van der Waals surface area contributed by atoms with Crippen molar-refractivity contribution in [2.75, 3.05) is 19.6 Å². The number of pyridine rings is 1. The molecule has 3 rings (SSSR count). The van der Waals surface area contributed by atoms with Crippen LogP contribution in [-0.4, -0.2) is 34.5 Å². The van der Waals surface area contributed by atoms with E-state index in [1.54, 1.807) is 11.3 Å². The summed E-state index contributed by atoms with van der Waals surface area (Å²) in [5.41, 5.74) is 4.35. The quantitative estimate of drug-likeness (QED) is 0.884. The second-order valence-corrected chi connectivity index (χ2v) is 6.09. The van der Waals surface area contributed by atoms with Crippen LogP contribution in [-0.2, 0) is 13.1 Å². The zero-order chi connectivity index (χ0) is 13.6. The second-order valence-electron chi connectivity index (χ2n) is 5.37. The van der Waals surface area contributed by atoms with E-state index >= 15 is 0 Å². The van der Waals surface area contributed by atoms with Gasteiger partial charge < -0.3 is 5.32 Å². The lowest BCUT2D eigenvalue weighted by Crippen LogP contribution is -2.30. The summed E-state index contributed by atoms with van der Waals surface area (Å²) < 4.78 is 0. The maximum absolute atomic E-state index is 4.42. The van der Waals surface area contributed by atoms with Gasteiger partial charge in [-0.1, -0.05) is 6.07 Å². The van der Waals surface area contributed by atoms with Crippen molar-refractivity contribution in [3.63, 3.8) is 0 Å².